The van der Waals surface area contributed by atoms with Crippen molar-refractivity contribution in [3.05, 3.63) is 112 Å². The zero-order valence-electron chi connectivity index (χ0n) is 23.8. The summed E-state index contributed by atoms with van der Waals surface area (Å²) in [5.74, 6) is -11.8. The molecular weight excluding hydrogens is 631 g/mol. The zero-order valence-corrected chi connectivity index (χ0v) is 24.6. The normalized spacial score (nSPS) is 20.8. The van der Waals surface area contributed by atoms with E-state index in [-0.39, 0.29) is 34.1 Å². The fraction of sp³-hybridized carbons (Fsp3) is 0.333. The van der Waals surface area contributed by atoms with E-state index in [0.29, 0.717) is 25.2 Å². The molecule has 0 N–H and O–H groups in total. The second-order valence-electron chi connectivity index (χ2n) is 10.8. The lowest BCUT2D eigenvalue weighted by Crippen LogP contribution is -2.30. The molecule has 3 atom stereocenters. The molecule has 2 nitrogen and oxygen atoms in total. The molecule has 1 saturated heterocycles. The molecule has 3 unspecified atom stereocenters. The molecule has 1 heterocycles. The summed E-state index contributed by atoms with van der Waals surface area (Å²) < 4.78 is 139. The smallest absolute Gasteiger partial charge is 0.429 e. The Morgan fingerprint density at radius 2 is 1.58 bits per heavy atom. The molecule has 12 heteroatoms. The highest BCUT2D eigenvalue weighted by Gasteiger charge is 2.45. The Labute approximate surface area is 257 Å². The van der Waals surface area contributed by atoms with E-state index in [4.69, 9.17) is 4.74 Å². The Morgan fingerprint density at radius 3 is 2.18 bits per heavy atom. The van der Waals surface area contributed by atoms with E-state index < -0.39 is 70.5 Å². The maximum atomic E-state index is 15.2. The number of hydrogen-bond donors (Lipinski definition) is 0. The van der Waals surface area contributed by atoms with Gasteiger partial charge in [-0.1, -0.05) is 24.3 Å². The fourth-order valence-electron chi connectivity index (χ4n) is 5.48. The average Bonchev–Trinajstić information content (AvgIpc) is 2.98. The first kappa shape index (κ1) is 33.0. The Hall–Kier alpha value is -3.38. The van der Waals surface area contributed by atoms with Crippen molar-refractivity contribution in [2.24, 2.45) is 5.92 Å². The third-order valence-corrected chi connectivity index (χ3v) is 9.33. The minimum Gasteiger partial charge on any atom is -0.429 e. The second kappa shape index (κ2) is 13.5. The lowest BCUT2D eigenvalue weighted by molar-refractivity contribution is -0.143. The molecule has 0 bridgehead atoms. The van der Waals surface area contributed by atoms with Gasteiger partial charge in [0, 0.05) is 41.9 Å². The predicted octanol–water partition coefficient (Wildman–Crippen LogP) is 10.5. The topological polar surface area (TPSA) is 18.5 Å². The second-order valence-corrected chi connectivity index (χ2v) is 12.1. The molecular formula is C33H27F9O2S. The summed E-state index contributed by atoms with van der Waals surface area (Å²) in [5.41, 5.74) is -0.978. The Balaban J connectivity index is 1.30. The van der Waals surface area contributed by atoms with Gasteiger partial charge in [-0.2, -0.15) is 20.5 Å². The van der Waals surface area contributed by atoms with E-state index in [9.17, 15) is 30.7 Å². The van der Waals surface area contributed by atoms with E-state index in [1.54, 1.807) is 23.9 Å². The van der Waals surface area contributed by atoms with Crippen molar-refractivity contribution in [2.75, 3.05) is 19.0 Å². The molecule has 3 aromatic rings. The minimum absolute atomic E-state index is 0.0969. The van der Waals surface area contributed by atoms with Crippen LogP contribution < -0.4 is 4.74 Å². The number of alkyl halides is 2. The van der Waals surface area contributed by atoms with Crippen molar-refractivity contribution in [2.45, 2.75) is 43.5 Å². The zero-order chi connectivity index (χ0) is 32.5. The summed E-state index contributed by atoms with van der Waals surface area (Å²) in [6, 6.07) is 8.49. The van der Waals surface area contributed by atoms with Crippen LogP contribution in [0.25, 0.3) is 11.1 Å². The number of hydrogen-bond acceptors (Lipinski definition) is 3. The largest absolute Gasteiger partial charge is 0.432 e. The molecule has 0 saturated carbocycles. The highest BCUT2D eigenvalue weighted by molar-refractivity contribution is 7.99. The van der Waals surface area contributed by atoms with Crippen molar-refractivity contribution in [1.29, 1.82) is 0 Å². The maximum absolute atomic E-state index is 15.2. The maximum Gasteiger partial charge on any atom is 0.432 e. The number of rotatable bonds is 9. The van der Waals surface area contributed by atoms with Gasteiger partial charge in [-0.25, -0.2) is 30.7 Å². The van der Waals surface area contributed by atoms with Gasteiger partial charge in [0.1, 0.15) is 34.6 Å². The first-order chi connectivity index (χ1) is 21.4. The highest BCUT2D eigenvalue weighted by atomic mass is 32.2. The lowest BCUT2D eigenvalue weighted by atomic mass is 9.87. The molecule has 1 aliphatic carbocycles. The van der Waals surface area contributed by atoms with Crippen LogP contribution in [-0.2, 0) is 4.74 Å². The van der Waals surface area contributed by atoms with Crippen LogP contribution in [0.4, 0.5) is 39.5 Å². The van der Waals surface area contributed by atoms with Crippen molar-refractivity contribution < 1.29 is 49.0 Å². The minimum atomic E-state index is -4.75. The number of allylic oxidation sites excluding steroid dienone is 2. The van der Waals surface area contributed by atoms with Gasteiger partial charge in [0.25, 0.3) is 0 Å². The van der Waals surface area contributed by atoms with Gasteiger partial charge < -0.3 is 9.47 Å². The monoisotopic (exact) mass is 658 g/mol. The average molecular weight is 659 g/mol. The van der Waals surface area contributed by atoms with E-state index in [1.165, 1.54) is 18.2 Å². The quantitative estimate of drug-likeness (QED) is 0.168. The summed E-state index contributed by atoms with van der Waals surface area (Å²) >= 11 is 1.73. The van der Waals surface area contributed by atoms with Gasteiger partial charge in [0.15, 0.2) is 17.5 Å². The number of ether oxygens (including phenoxy) is 2. The third-order valence-electron chi connectivity index (χ3n) is 7.75. The first-order valence-corrected chi connectivity index (χ1v) is 15.2. The van der Waals surface area contributed by atoms with Crippen LogP contribution in [0.1, 0.15) is 48.5 Å². The van der Waals surface area contributed by atoms with Crippen LogP contribution in [-0.4, -0.2) is 25.1 Å². The molecule has 240 valence electrons. The molecule has 0 spiro atoms. The van der Waals surface area contributed by atoms with Crippen LogP contribution in [0, 0.1) is 35.0 Å². The molecule has 3 aromatic carbocycles. The van der Waals surface area contributed by atoms with Gasteiger partial charge in [0.05, 0.1) is 6.61 Å². The Morgan fingerprint density at radius 1 is 0.844 bits per heavy atom. The van der Waals surface area contributed by atoms with Gasteiger partial charge in [0.2, 0.25) is 0 Å². The van der Waals surface area contributed by atoms with Crippen LogP contribution in [0.3, 0.4) is 0 Å². The molecule has 1 fully saturated rings. The fourth-order valence-corrected chi connectivity index (χ4v) is 6.89. The van der Waals surface area contributed by atoms with Crippen LogP contribution in [0.5, 0.6) is 5.75 Å². The summed E-state index contributed by atoms with van der Waals surface area (Å²) in [7, 11) is 0. The summed E-state index contributed by atoms with van der Waals surface area (Å²) in [6.45, 7) is 3.30. The van der Waals surface area contributed by atoms with Crippen molar-refractivity contribution in [3.63, 3.8) is 0 Å². The molecule has 0 radical (unpaired) electrons. The van der Waals surface area contributed by atoms with E-state index >= 15 is 8.78 Å². The summed E-state index contributed by atoms with van der Waals surface area (Å²) in [4.78, 5) is 0. The standard InChI is InChI=1S/C33H27F9O2S/c1-2-43-15-17-3-8-30(45-16-17)19-5-7-22(25(35)10-19)18-4-6-23(24(34)9-18)20-11-26(36)31(27(37)12-20)33(41,42)44-21-13-28(38)32(40)29(39)14-21/h4-7,9-11,13-14,17,20,30H,2-3,8,12,15-16H2,1H3. The van der Waals surface area contributed by atoms with Gasteiger partial charge in [-0.05, 0) is 66.3 Å². The molecule has 0 amide bonds. The molecule has 2 aliphatic rings. The van der Waals surface area contributed by atoms with Gasteiger partial charge in [-0.15, -0.1) is 0 Å². The predicted molar refractivity (Wildman–Crippen MR) is 153 cm³/mol. The molecule has 0 aromatic heterocycles. The van der Waals surface area contributed by atoms with Crippen molar-refractivity contribution in [3.8, 4) is 16.9 Å². The Kier molecular flexibility index (Phi) is 9.93. The molecule has 45 heavy (non-hydrogen) atoms. The lowest BCUT2D eigenvalue weighted by Gasteiger charge is -2.28. The van der Waals surface area contributed by atoms with E-state index in [1.807, 2.05) is 6.92 Å². The van der Waals surface area contributed by atoms with Crippen LogP contribution in [0.15, 0.2) is 71.8 Å². The third kappa shape index (κ3) is 7.22. The van der Waals surface area contributed by atoms with Crippen LogP contribution >= 0.6 is 11.8 Å². The Bertz CT molecular complexity index is 1610. The SMILES string of the molecule is CCOCC1CCC(c2ccc(-c3ccc(C4C=C(F)C(C(F)(F)Oc5cc(F)c(F)c(F)c5)=C(F)C4)c(F)c3)c(F)c2)SC1. The summed E-state index contributed by atoms with van der Waals surface area (Å²) in [5, 5.41) is 0.113. The molecule has 5 rings (SSSR count). The summed E-state index contributed by atoms with van der Waals surface area (Å²) in [6.07, 6.45) is -3.25. The van der Waals surface area contributed by atoms with Crippen molar-refractivity contribution >= 4 is 11.8 Å². The molecule has 1 aliphatic heterocycles. The van der Waals surface area contributed by atoms with E-state index in [0.717, 1.165) is 30.2 Å². The number of thioether (sulfide) groups is 1. The number of halogens is 9. The van der Waals surface area contributed by atoms with Gasteiger partial charge in [-0.3, -0.25) is 0 Å². The number of benzene rings is 3. The van der Waals surface area contributed by atoms with Crippen LogP contribution in [0.2, 0.25) is 0 Å². The van der Waals surface area contributed by atoms with E-state index in [2.05, 4.69) is 4.74 Å². The van der Waals surface area contributed by atoms with Crippen molar-refractivity contribution in [1.82, 2.24) is 0 Å². The van der Waals surface area contributed by atoms with Gasteiger partial charge >= 0.3 is 6.11 Å². The first-order valence-electron chi connectivity index (χ1n) is 14.1. The highest BCUT2D eigenvalue weighted by Crippen LogP contribution is 2.45.